The monoisotopic (exact) mass is 369 g/mol. The predicted molar refractivity (Wildman–Crippen MR) is 100.0 cm³/mol. The number of esters is 1. The maximum atomic E-state index is 11.9. The van der Waals surface area contributed by atoms with E-state index in [-0.39, 0.29) is 12.1 Å². The lowest BCUT2D eigenvalue weighted by atomic mass is 10.1. The third-order valence-electron chi connectivity index (χ3n) is 3.50. The van der Waals surface area contributed by atoms with Crippen LogP contribution in [0.25, 0.3) is 11.4 Å². The standard InChI is InChI=1S/C18H19N5O2S/c1-12(2)25-17(24)15-5-3-13(4-6-15)11-26-18-22-21-16(23(18)19)14-7-9-20-10-8-14/h3-10,12H,11,19H2,1-2H3. The summed E-state index contributed by atoms with van der Waals surface area (Å²) in [6, 6.07) is 11.0. The Balaban J connectivity index is 1.65. The Hall–Kier alpha value is -2.87. The molecule has 0 aliphatic carbocycles. The first kappa shape index (κ1) is 17.9. The van der Waals surface area contributed by atoms with E-state index in [9.17, 15) is 4.79 Å². The minimum absolute atomic E-state index is 0.136. The molecule has 0 aliphatic heterocycles. The number of hydrogen-bond donors (Lipinski definition) is 1. The molecule has 2 aromatic heterocycles. The summed E-state index contributed by atoms with van der Waals surface area (Å²) < 4.78 is 6.65. The third-order valence-corrected chi connectivity index (χ3v) is 4.52. The minimum atomic E-state index is -0.317. The van der Waals surface area contributed by atoms with E-state index in [4.69, 9.17) is 10.6 Å². The van der Waals surface area contributed by atoms with Crippen LogP contribution >= 0.6 is 11.8 Å². The molecular formula is C18H19N5O2S. The first-order chi connectivity index (χ1) is 12.5. The molecular weight excluding hydrogens is 350 g/mol. The van der Waals surface area contributed by atoms with Crippen molar-refractivity contribution < 1.29 is 9.53 Å². The van der Waals surface area contributed by atoms with Gasteiger partial charge in [0.05, 0.1) is 11.7 Å². The number of carbonyl (C=O) groups excluding carboxylic acids is 1. The van der Waals surface area contributed by atoms with E-state index in [2.05, 4.69) is 15.2 Å². The Bertz CT molecular complexity index is 878. The molecule has 2 heterocycles. The molecule has 0 saturated heterocycles. The van der Waals surface area contributed by atoms with Gasteiger partial charge in [0.2, 0.25) is 5.16 Å². The van der Waals surface area contributed by atoms with Gasteiger partial charge in [0.1, 0.15) is 0 Å². The van der Waals surface area contributed by atoms with E-state index in [1.165, 1.54) is 16.4 Å². The minimum Gasteiger partial charge on any atom is -0.459 e. The van der Waals surface area contributed by atoms with Crippen molar-refractivity contribution in [1.82, 2.24) is 19.9 Å². The Morgan fingerprint density at radius 1 is 1.15 bits per heavy atom. The van der Waals surface area contributed by atoms with Crippen molar-refractivity contribution in [2.75, 3.05) is 5.84 Å². The van der Waals surface area contributed by atoms with E-state index in [0.29, 0.717) is 22.3 Å². The summed E-state index contributed by atoms with van der Waals surface area (Å²) >= 11 is 1.47. The predicted octanol–water partition coefficient (Wildman–Crippen LogP) is 2.91. The molecule has 3 rings (SSSR count). The van der Waals surface area contributed by atoms with Crippen LogP contribution in [0.1, 0.15) is 29.8 Å². The first-order valence-corrected chi connectivity index (χ1v) is 9.07. The maximum absolute atomic E-state index is 11.9. The van der Waals surface area contributed by atoms with E-state index in [1.807, 2.05) is 38.1 Å². The van der Waals surface area contributed by atoms with E-state index in [1.54, 1.807) is 24.5 Å². The molecule has 7 nitrogen and oxygen atoms in total. The lowest BCUT2D eigenvalue weighted by Gasteiger charge is -2.08. The number of hydrogen-bond acceptors (Lipinski definition) is 7. The second-order valence-corrected chi connectivity index (χ2v) is 6.79. The number of aromatic nitrogens is 4. The van der Waals surface area contributed by atoms with E-state index < -0.39 is 0 Å². The number of thioether (sulfide) groups is 1. The quantitative estimate of drug-likeness (QED) is 0.405. The second kappa shape index (κ2) is 8.01. The van der Waals surface area contributed by atoms with Crippen molar-refractivity contribution in [1.29, 1.82) is 0 Å². The number of nitrogen functional groups attached to an aromatic ring is 1. The highest BCUT2D eigenvalue weighted by Gasteiger charge is 2.13. The molecule has 0 aliphatic rings. The van der Waals surface area contributed by atoms with Crippen LogP contribution in [0.2, 0.25) is 0 Å². The molecule has 0 unspecified atom stereocenters. The van der Waals surface area contributed by atoms with Gasteiger partial charge in [0, 0.05) is 23.7 Å². The Labute approximate surface area is 155 Å². The molecule has 26 heavy (non-hydrogen) atoms. The fourth-order valence-electron chi connectivity index (χ4n) is 2.24. The largest absolute Gasteiger partial charge is 0.459 e. The van der Waals surface area contributed by atoms with Crippen LogP contribution in [0, 0.1) is 0 Å². The zero-order chi connectivity index (χ0) is 18.5. The number of ether oxygens (including phenoxy) is 1. The van der Waals surface area contributed by atoms with Gasteiger partial charge in [-0.2, -0.15) is 0 Å². The summed E-state index contributed by atoms with van der Waals surface area (Å²) in [4.78, 5) is 15.8. The van der Waals surface area contributed by atoms with E-state index >= 15 is 0 Å². The number of carbonyl (C=O) groups is 1. The molecule has 0 amide bonds. The van der Waals surface area contributed by atoms with Gasteiger partial charge in [-0.1, -0.05) is 23.9 Å². The van der Waals surface area contributed by atoms with Crippen LogP contribution in [-0.2, 0) is 10.5 Å². The van der Waals surface area contributed by atoms with Crippen molar-refractivity contribution in [2.24, 2.45) is 0 Å². The van der Waals surface area contributed by atoms with Gasteiger partial charge >= 0.3 is 5.97 Å². The smallest absolute Gasteiger partial charge is 0.338 e. The fraction of sp³-hybridized carbons (Fsp3) is 0.222. The van der Waals surface area contributed by atoms with Gasteiger partial charge < -0.3 is 10.6 Å². The van der Waals surface area contributed by atoms with Crippen molar-refractivity contribution in [3.05, 3.63) is 59.9 Å². The summed E-state index contributed by atoms with van der Waals surface area (Å²) in [5.74, 6) is 7.02. The lowest BCUT2D eigenvalue weighted by molar-refractivity contribution is 0.0378. The normalized spacial score (nSPS) is 10.9. The van der Waals surface area contributed by atoms with Gasteiger partial charge in [0.25, 0.3) is 0 Å². The van der Waals surface area contributed by atoms with Gasteiger partial charge in [0.15, 0.2) is 5.82 Å². The molecule has 2 N–H and O–H groups in total. The van der Waals surface area contributed by atoms with Crippen molar-refractivity contribution in [3.63, 3.8) is 0 Å². The Morgan fingerprint density at radius 2 is 1.85 bits per heavy atom. The zero-order valence-corrected chi connectivity index (χ0v) is 15.3. The number of nitrogens with two attached hydrogens (primary N) is 1. The number of benzene rings is 1. The number of pyridine rings is 1. The lowest BCUT2D eigenvalue weighted by Crippen LogP contribution is -2.12. The third kappa shape index (κ3) is 4.20. The molecule has 0 radical (unpaired) electrons. The highest BCUT2D eigenvalue weighted by atomic mass is 32.2. The van der Waals surface area contributed by atoms with Crippen molar-refractivity contribution in [3.8, 4) is 11.4 Å². The molecule has 0 bridgehead atoms. The van der Waals surface area contributed by atoms with Crippen molar-refractivity contribution in [2.45, 2.75) is 30.9 Å². The first-order valence-electron chi connectivity index (χ1n) is 8.08. The summed E-state index contributed by atoms with van der Waals surface area (Å²) in [7, 11) is 0. The highest BCUT2D eigenvalue weighted by molar-refractivity contribution is 7.98. The molecule has 1 aromatic carbocycles. The number of rotatable bonds is 6. The average Bonchev–Trinajstić information content (AvgIpc) is 3.01. The van der Waals surface area contributed by atoms with Crippen LogP contribution in [0.5, 0.6) is 0 Å². The summed E-state index contributed by atoms with van der Waals surface area (Å²) in [5, 5.41) is 8.89. The molecule has 134 valence electrons. The highest BCUT2D eigenvalue weighted by Crippen LogP contribution is 2.24. The van der Waals surface area contributed by atoms with Crippen molar-refractivity contribution >= 4 is 17.7 Å². The van der Waals surface area contributed by atoms with Gasteiger partial charge in [-0.25, -0.2) is 9.47 Å². The molecule has 0 fully saturated rings. The number of nitrogens with zero attached hydrogens (tertiary/aromatic N) is 4. The van der Waals surface area contributed by atoms with Gasteiger partial charge in [-0.3, -0.25) is 4.98 Å². The molecule has 0 saturated carbocycles. The molecule has 0 atom stereocenters. The van der Waals surface area contributed by atoms with Crippen LogP contribution in [0.15, 0.2) is 53.9 Å². The molecule has 0 spiro atoms. The Kier molecular flexibility index (Phi) is 5.52. The molecule has 3 aromatic rings. The topological polar surface area (TPSA) is 95.9 Å². The van der Waals surface area contributed by atoms with Crippen LogP contribution in [-0.4, -0.2) is 31.9 Å². The average molecular weight is 369 g/mol. The fourth-order valence-corrected chi connectivity index (χ4v) is 3.05. The van der Waals surface area contributed by atoms with Crippen LogP contribution < -0.4 is 5.84 Å². The van der Waals surface area contributed by atoms with E-state index in [0.717, 1.165) is 11.1 Å². The van der Waals surface area contributed by atoms with Gasteiger partial charge in [-0.15, -0.1) is 10.2 Å². The summed E-state index contributed by atoms with van der Waals surface area (Å²) in [5.41, 5.74) is 2.44. The zero-order valence-electron chi connectivity index (χ0n) is 14.5. The summed E-state index contributed by atoms with van der Waals surface area (Å²) in [6.07, 6.45) is 3.23. The SMILES string of the molecule is CC(C)OC(=O)c1ccc(CSc2nnc(-c3ccncc3)n2N)cc1. The maximum Gasteiger partial charge on any atom is 0.338 e. The summed E-state index contributed by atoms with van der Waals surface area (Å²) in [6.45, 7) is 3.65. The second-order valence-electron chi connectivity index (χ2n) is 5.85. The van der Waals surface area contributed by atoms with Crippen LogP contribution in [0.4, 0.5) is 0 Å². The van der Waals surface area contributed by atoms with Gasteiger partial charge in [-0.05, 0) is 43.7 Å². The molecule has 8 heteroatoms. The van der Waals surface area contributed by atoms with Crippen LogP contribution in [0.3, 0.4) is 0 Å². The Morgan fingerprint density at radius 3 is 2.50 bits per heavy atom.